The van der Waals surface area contributed by atoms with Gasteiger partial charge in [-0.15, -0.1) is 0 Å². The number of amides is 1. The van der Waals surface area contributed by atoms with E-state index in [1.807, 2.05) is 13.8 Å². The molecule has 0 spiro atoms. The molecule has 0 saturated heterocycles. The summed E-state index contributed by atoms with van der Waals surface area (Å²) >= 11 is 0. The smallest absolute Gasteiger partial charge is 0.387 e. The SMILES string of the molecule is CC(C)CNC(=O)Cc1ccc(OC(F)F)cc1. The van der Waals surface area contributed by atoms with Crippen LogP contribution >= 0.6 is 0 Å². The van der Waals surface area contributed by atoms with Gasteiger partial charge in [0.1, 0.15) is 5.75 Å². The van der Waals surface area contributed by atoms with Crippen LogP contribution < -0.4 is 10.1 Å². The molecule has 0 unspecified atom stereocenters. The molecule has 3 nitrogen and oxygen atoms in total. The maximum Gasteiger partial charge on any atom is 0.387 e. The minimum Gasteiger partial charge on any atom is -0.435 e. The van der Waals surface area contributed by atoms with E-state index in [0.29, 0.717) is 12.5 Å². The zero-order valence-corrected chi connectivity index (χ0v) is 10.5. The molecule has 0 fully saturated rings. The second kappa shape index (κ2) is 6.93. The molecule has 5 heteroatoms. The summed E-state index contributed by atoms with van der Waals surface area (Å²) in [5.41, 5.74) is 0.762. The van der Waals surface area contributed by atoms with Crippen LogP contribution in [0.15, 0.2) is 24.3 Å². The van der Waals surface area contributed by atoms with Gasteiger partial charge >= 0.3 is 6.61 Å². The number of rotatable bonds is 6. The number of hydrogen-bond donors (Lipinski definition) is 1. The first kappa shape index (κ1) is 14.4. The third-order valence-electron chi connectivity index (χ3n) is 2.22. The fraction of sp³-hybridized carbons (Fsp3) is 0.462. The average Bonchev–Trinajstić information content (AvgIpc) is 2.28. The van der Waals surface area contributed by atoms with Crippen molar-refractivity contribution in [2.75, 3.05) is 6.54 Å². The van der Waals surface area contributed by atoms with E-state index in [1.54, 1.807) is 12.1 Å². The van der Waals surface area contributed by atoms with Crippen LogP contribution in [0.1, 0.15) is 19.4 Å². The predicted octanol–water partition coefficient (Wildman–Crippen LogP) is 2.60. The maximum absolute atomic E-state index is 11.9. The summed E-state index contributed by atoms with van der Waals surface area (Å²) in [6.07, 6.45) is 0.238. The number of carbonyl (C=O) groups excluding carboxylic acids is 1. The number of nitrogens with one attached hydrogen (secondary N) is 1. The Morgan fingerprint density at radius 2 is 1.89 bits per heavy atom. The highest BCUT2D eigenvalue weighted by molar-refractivity contribution is 5.78. The van der Waals surface area contributed by atoms with Crippen LogP contribution in [-0.2, 0) is 11.2 Å². The van der Waals surface area contributed by atoms with Crippen molar-refractivity contribution >= 4 is 5.91 Å². The van der Waals surface area contributed by atoms with Gasteiger partial charge in [-0.25, -0.2) is 0 Å². The van der Waals surface area contributed by atoms with Gasteiger partial charge in [-0.3, -0.25) is 4.79 Å². The maximum atomic E-state index is 11.9. The van der Waals surface area contributed by atoms with Crippen molar-refractivity contribution in [3.8, 4) is 5.75 Å². The third-order valence-corrected chi connectivity index (χ3v) is 2.22. The summed E-state index contributed by atoms with van der Waals surface area (Å²) in [7, 11) is 0. The second-order valence-corrected chi connectivity index (χ2v) is 4.40. The average molecular weight is 257 g/mol. The quantitative estimate of drug-likeness (QED) is 0.850. The molecule has 0 bridgehead atoms. The van der Waals surface area contributed by atoms with Gasteiger partial charge in [0, 0.05) is 6.54 Å². The normalized spacial score (nSPS) is 10.8. The fourth-order valence-electron chi connectivity index (χ4n) is 1.35. The Bertz CT molecular complexity index is 377. The van der Waals surface area contributed by atoms with Gasteiger partial charge in [0.25, 0.3) is 0 Å². The number of carbonyl (C=O) groups is 1. The summed E-state index contributed by atoms with van der Waals surface area (Å²) in [6.45, 7) is 1.82. The van der Waals surface area contributed by atoms with Crippen LogP contribution in [0, 0.1) is 5.92 Å². The Labute approximate surface area is 105 Å². The Morgan fingerprint density at radius 3 is 2.39 bits per heavy atom. The van der Waals surface area contributed by atoms with Crippen molar-refractivity contribution in [1.29, 1.82) is 0 Å². The molecule has 0 aliphatic rings. The third kappa shape index (κ3) is 5.61. The van der Waals surface area contributed by atoms with Crippen molar-refractivity contribution in [1.82, 2.24) is 5.32 Å². The lowest BCUT2D eigenvalue weighted by Gasteiger charge is -2.08. The first-order valence-corrected chi connectivity index (χ1v) is 5.78. The fourth-order valence-corrected chi connectivity index (χ4v) is 1.35. The largest absolute Gasteiger partial charge is 0.435 e. The van der Waals surface area contributed by atoms with E-state index >= 15 is 0 Å². The van der Waals surface area contributed by atoms with E-state index in [4.69, 9.17) is 0 Å². The highest BCUT2D eigenvalue weighted by atomic mass is 19.3. The predicted molar refractivity (Wildman–Crippen MR) is 64.6 cm³/mol. The van der Waals surface area contributed by atoms with Crippen LogP contribution in [0.25, 0.3) is 0 Å². The monoisotopic (exact) mass is 257 g/mol. The summed E-state index contributed by atoms with van der Waals surface area (Å²) < 4.78 is 28.1. The molecule has 0 saturated carbocycles. The van der Waals surface area contributed by atoms with Gasteiger partial charge in [-0.1, -0.05) is 26.0 Å². The molecule has 1 aromatic carbocycles. The molecule has 0 aliphatic heterocycles. The molecule has 0 radical (unpaired) electrons. The number of ether oxygens (including phenoxy) is 1. The molecule has 0 aromatic heterocycles. The minimum atomic E-state index is -2.83. The van der Waals surface area contributed by atoms with Gasteiger partial charge in [0.2, 0.25) is 5.91 Å². The standard InChI is InChI=1S/C13H17F2NO2/c1-9(2)8-16-12(17)7-10-3-5-11(6-4-10)18-13(14)15/h3-6,9,13H,7-8H2,1-2H3,(H,16,17). The number of alkyl halides is 2. The van der Waals surface area contributed by atoms with E-state index in [0.717, 1.165) is 5.56 Å². The molecule has 0 aliphatic carbocycles. The van der Waals surface area contributed by atoms with Gasteiger partial charge in [0.05, 0.1) is 6.42 Å². The van der Waals surface area contributed by atoms with Gasteiger partial charge in [-0.05, 0) is 23.6 Å². The highest BCUT2D eigenvalue weighted by Crippen LogP contribution is 2.15. The van der Waals surface area contributed by atoms with Crippen LogP contribution in [0.2, 0.25) is 0 Å². The molecule has 0 atom stereocenters. The number of hydrogen-bond acceptors (Lipinski definition) is 2. The Hall–Kier alpha value is -1.65. The second-order valence-electron chi connectivity index (χ2n) is 4.40. The van der Waals surface area contributed by atoms with Crippen LogP contribution in [-0.4, -0.2) is 19.1 Å². The first-order valence-electron chi connectivity index (χ1n) is 5.78. The van der Waals surface area contributed by atoms with Gasteiger partial charge < -0.3 is 10.1 Å². The first-order chi connectivity index (χ1) is 8.47. The molecule has 18 heavy (non-hydrogen) atoms. The molecule has 0 heterocycles. The van der Waals surface area contributed by atoms with E-state index in [-0.39, 0.29) is 18.1 Å². The van der Waals surface area contributed by atoms with Gasteiger partial charge in [-0.2, -0.15) is 8.78 Å². The lowest BCUT2D eigenvalue weighted by molar-refractivity contribution is -0.120. The Kier molecular flexibility index (Phi) is 5.55. The van der Waals surface area contributed by atoms with E-state index in [9.17, 15) is 13.6 Å². The molecule has 1 N–H and O–H groups in total. The zero-order chi connectivity index (χ0) is 13.5. The van der Waals surface area contributed by atoms with E-state index in [1.165, 1.54) is 12.1 Å². The van der Waals surface area contributed by atoms with Crippen molar-refractivity contribution in [2.24, 2.45) is 5.92 Å². The van der Waals surface area contributed by atoms with Crippen molar-refractivity contribution in [3.05, 3.63) is 29.8 Å². The number of benzene rings is 1. The molecule has 1 aromatic rings. The van der Waals surface area contributed by atoms with Crippen LogP contribution in [0.3, 0.4) is 0 Å². The lowest BCUT2D eigenvalue weighted by atomic mass is 10.1. The van der Waals surface area contributed by atoms with E-state index < -0.39 is 6.61 Å². The summed E-state index contributed by atoms with van der Waals surface area (Å²) in [6, 6.07) is 6.06. The number of halogens is 2. The van der Waals surface area contributed by atoms with Crippen molar-refractivity contribution in [2.45, 2.75) is 26.9 Å². The molecule has 1 amide bonds. The molecule has 100 valence electrons. The summed E-state index contributed by atoms with van der Waals surface area (Å²) in [4.78, 5) is 11.5. The summed E-state index contributed by atoms with van der Waals surface area (Å²) in [5.74, 6) is 0.415. The van der Waals surface area contributed by atoms with Crippen molar-refractivity contribution < 1.29 is 18.3 Å². The Morgan fingerprint density at radius 1 is 1.28 bits per heavy atom. The molecular formula is C13H17F2NO2. The minimum absolute atomic E-state index is 0.0776. The van der Waals surface area contributed by atoms with Crippen LogP contribution in [0.5, 0.6) is 5.75 Å². The zero-order valence-electron chi connectivity index (χ0n) is 10.5. The van der Waals surface area contributed by atoms with E-state index in [2.05, 4.69) is 10.1 Å². The highest BCUT2D eigenvalue weighted by Gasteiger charge is 2.06. The summed E-state index contributed by atoms with van der Waals surface area (Å²) in [5, 5.41) is 2.79. The van der Waals surface area contributed by atoms with Gasteiger partial charge in [0.15, 0.2) is 0 Å². The lowest BCUT2D eigenvalue weighted by Crippen LogP contribution is -2.28. The topological polar surface area (TPSA) is 38.3 Å². The van der Waals surface area contributed by atoms with Crippen LogP contribution in [0.4, 0.5) is 8.78 Å². The molecule has 1 rings (SSSR count). The Balaban J connectivity index is 2.45. The van der Waals surface area contributed by atoms with Crippen molar-refractivity contribution in [3.63, 3.8) is 0 Å². The molecular weight excluding hydrogens is 240 g/mol.